The average Bonchev–Trinajstić information content (AvgIpc) is 2.34. The molecule has 0 spiro atoms. The Labute approximate surface area is 107 Å². The van der Waals surface area contributed by atoms with Crippen molar-refractivity contribution in [1.82, 2.24) is 0 Å². The lowest BCUT2D eigenvalue weighted by molar-refractivity contribution is -0.383. The number of benzene rings is 2. The molecular weight excluding hydrogens is 259 g/mol. The minimum absolute atomic E-state index is 0.0569. The summed E-state index contributed by atoms with van der Waals surface area (Å²) in [6.45, 7) is 0. The van der Waals surface area contributed by atoms with Crippen molar-refractivity contribution in [3.05, 3.63) is 63.4 Å². The summed E-state index contributed by atoms with van der Waals surface area (Å²) < 4.78 is 13.0. The molecule has 91 valence electrons. The fourth-order valence-electron chi connectivity index (χ4n) is 1.40. The van der Waals surface area contributed by atoms with Crippen molar-refractivity contribution < 1.29 is 9.31 Å². The molecule has 2 rings (SSSR count). The lowest BCUT2D eigenvalue weighted by Gasteiger charge is -2.07. The van der Waals surface area contributed by atoms with E-state index in [0.717, 1.165) is 0 Å². The summed E-state index contributed by atoms with van der Waals surface area (Å²) in [6.07, 6.45) is 0. The van der Waals surface area contributed by atoms with Gasteiger partial charge in [-0.05, 0) is 18.2 Å². The SMILES string of the molecule is O=[N+]([O-])c1ccc[c]c1Nc1ccc(F)c(Cl)c1. The first-order valence-electron chi connectivity index (χ1n) is 4.95. The molecule has 0 fully saturated rings. The second kappa shape index (κ2) is 5.01. The fourth-order valence-corrected chi connectivity index (χ4v) is 1.58. The Morgan fingerprint density at radius 1 is 1.39 bits per heavy atom. The van der Waals surface area contributed by atoms with Crippen LogP contribution in [0.5, 0.6) is 0 Å². The number of rotatable bonds is 3. The predicted octanol–water partition coefficient (Wildman–Crippen LogP) is 3.93. The number of nitro benzene ring substituents is 1. The van der Waals surface area contributed by atoms with Crippen LogP contribution in [0.15, 0.2) is 36.4 Å². The van der Waals surface area contributed by atoms with Gasteiger partial charge < -0.3 is 5.32 Å². The Bertz CT molecular complexity index is 604. The maximum Gasteiger partial charge on any atom is 0.293 e. The normalized spacial score (nSPS) is 10.1. The highest BCUT2D eigenvalue weighted by atomic mass is 35.5. The summed E-state index contributed by atoms with van der Waals surface area (Å²) in [4.78, 5) is 10.3. The van der Waals surface area contributed by atoms with E-state index < -0.39 is 10.7 Å². The van der Waals surface area contributed by atoms with Gasteiger partial charge in [-0.3, -0.25) is 10.1 Å². The molecule has 1 radical (unpaired) electrons. The fraction of sp³-hybridized carbons (Fsp3) is 0. The van der Waals surface area contributed by atoms with Crippen LogP contribution in [0.25, 0.3) is 0 Å². The topological polar surface area (TPSA) is 55.2 Å². The number of nitrogens with one attached hydrogen (secondary N) is 1. The largest absolute Gasteiger partial charge is 0.349 e. The average molecular weight is 266 g/mol. The van der Waals surface area contributed by atoms with E-state index in [0.29, 0.717) is 5.69 Å². The molecule has 4 nitrogen and oxygen atoms in total. The lowest BCUT2D eigenvalue weighted by Crippen LogP contribution is -1.97. The minimum atomic E-state index is -0.547. The van der Waals surface area contributed by atoms with Crippen molar-refractivity contribution in [3.63, 3.8) is 0 Å². The quantitative estimate of drug-likeness (QED) is 0.676. The smallest absolute Gasteiger partial charge is 0.293 e. The minimum Gasteiger partial charge on any atom is -0.349 e. The second-order valence-electron chi connectivity index (χ2n) is 3.44. The maximum absolute atomic E-state index is 13.0. The summed E-state index contributed by atoms with van der Waals surface area (Å²) in [5.74, 6) is -0.547. The number of anilines is 2. The molecule has 0 aliphatic heterocycles. The van der Waals surface area contributed by atoms with Crippen LogP contribution in [0.4, 0.5) is 21.5 Å². The molecule has 0 saturated carbocycles. The first kappa shape index (κ1) is 12.3. The monoisotopic (exact) mass is 265 g/mol. The summed E-state index contributed by atoms with van der Waals surface area (Å²) in [6, 6.07) is 11.1. The molecule has 0 aromatic heterocycles. The molecule has 0 saturated heterocycles. The Morgan fingerprint density at radius 2 is 2.17 bits per heavy atom. The van der Waals surface area contributed by atoms with E-state index in [-0.39, 0.29) is 16.4 Å². The molecule has 0 aliphatic carbocycles. The molecule has 18 heavy (non-hydrogen) atoms. The number of nitrogens with zero attached hydrogens (tertiary/aromatic N) is 1. The van der Waals surface area contributed by atoms with E-state index >= 15 is 0 Å². The molecule has 2 aromatic rings. The molecule has 0 bridgehead atoms. The number of hydrogen-bond acceptors (Lipinski definition) is 3. The number of nitro groups is 1. The van der Waals surface area contributed by atoms with E-state index in [1.807, 2.05) is 0 Å². The van der Waals surface area contributed by atoms with Crippen LogP contribution < -0.4 is 5.32 Å². The van der Waals surface area contributed by atoms with Crippen LogP contribution in [0.2, 0.25) is 5.02 Å². The van der Waals surface area contributed by atoms with Crippen molar-refractivity contribution >= 4 is 28.7 Å². The summed E-state index contributed by atoms with van der Waals surface area (Å²) in [5.41, 5.74) is 0.537. The predicted molar refractivity (Wildman–Crippen MR) is 66.6 cm³/mol. The Hall–Kier alpha value is -2.14. The zero-order valence-electron chi connectivity index (χ0n) is 8.98. The van der Waals surface area contributed by atoms with E-state index in [2.05, 4.69) is 11.4 Å². The summed E-state index contributed by atoms with van der Waals surface area (Å²) in [5, 5.41) is 13.5. The highest BCUT2D eigenvalue weighted by Crippen LogP contribution is 2.28. The highest BCUT2D eigenvalue weighted by molar-refractivity contribution is 6.31. The number of para-hydroxylation sites is 1. The summed E-state index contributed by atoms with van der Waals surface area (Å²) in [7, 11) is 0. The third kappa shape index (κ3) is 2.57. The third-order valence-corrected chi connectivity index (χ3v) is 2.51. The molecule has 0 unspecified atom stereocenters. The van der Waals surface area contributed by atoms with Gasteiger partial charge in [-0.2, -0.15) is 0 Å². The van der Waals surface area contributed by atoms with Crippen LogP contribution in [0.3, 0.4) is 0 Å². The van der Waals surface area contributed by atoms with Crippen LogP contribution in [-0.4, -0.2) is 4.92 Å². The van der Waals surface area contributed by atoms with Gasteiger partial charge in [0.05, 0.1) is 9.95 Å². The molecule has 0 aliphatic rings. The van der Waals surface area contributed by atoms with Crippen molar-refractivity contribution in [3.8, 4) is 0 Å². The molecular formula is C12H7ClFN2O2. The maximum atomic E-state index is 13.0. The van der Waals surface area contributed by atoms with Crippen molar-refractivity contribution in [2.75, 3.05) is 5.32 Å². The zero-order chi connectivity index (χ0) is 13.1. The molecule has 2 aromatic carbocycles. The van der Waals surface area contributed by atoms with Gasteiger partial charge in [0.1, 0.15) is 11.5 Å². The van der Waals surface area contributed by atoms with Crippen LogP contribution in [0.1, 0.15) is 0 Å². The third-order valence-electron chi connectivity index (χ3n) is 2.22. The van der Waals surface area contributed by atoms with Gasteiger partial charge in [-0.15, -0.1) is 0 Å². The first-order chi connectivity index (χ1) is 8.58. The second-order valence-corrected chi connectivity index (χ2v) is 3.85. The van der Waals surface area contributed by atoms with E-state index in [1.165, 1.54) is 30.3 Å². The first-order valence-corrected chi connectivity index (χ1v) is 5.33. The molecule has 1 N–H and O–H groups in total. The zero-order valence-corrected chi connectivity index (χ0v) is 9.74. The van der Waals surface area contributed by atoms with Crippen LogP contribution in [-0.2, 0) is 0 Å². The Morgan fingerprint density at radius 3 is 2.83 bits per heavy atom. The van der Waals surface area contributed by atoms with E-state index in [9.17, 15) is 14.5 Å². The van der Waals surface area contributed by atoms with Gasteiger partial charge in [-0.1, -0.05) is 23.7 Å². The number of halogens is 2. The van der Waals surface area contributed by atoms with Crippen molar-refractivity contribution in [2.24, 2.45) is 0 Å². The van der Waals surface area contributed by atoms with Gasteiger partial charge in [-0.25, -0.2) is 4.39 Å². The van der Waals surface area contributed by atoms with Crippen molar-refractivity contribution in [1.29, 1.82) is 0 Å². The van der Waals surface area contributed by atoms with E-state index in [1.54, 1.807) is 6.07 Å². The van der Waals surface area contributed by atoms with Gasteiger partial charge in [0, 0.05) is 17.8 Å². The molecule has 0 heterocycles. The Kier molecular flexibility index (Phi) is 3.43. The van der Waals surface area contributed by atoms with Crippen LogP contribution in [0, 0.1) is 22.0 Å². The molecule has 6 heteroatoms. The highest BCUT2D eigenvalue weighted by Gasteiger charge is 2.13. The lowest BCUT2D eigenvalue weighted by atomic mass is 10.2. The Balaban J connectivity index is 2.34. The summed E-state index contributed by atoms with van der Waals surface area (Å²) >= 11 is 5.62. The molecule has 0 amide bonds. The van der Waals surface area contributed by atoms with E-state index in [4.69, 9.17) is 11.6 Å². The van der Waals surface area contributed by atoms with Gasteiger partial charge >= 0.3 is 0 Å². The van der Waals surface area contributed by atoms with Crippen molar-refractivity contribution in [2.45, 2.75) is 0 Å². The van der Waals surface area contributed by atoms with Gasteiger partial charge in [0.2, 0.25) is 0 Å². The van der Waals surface area contributed by atoms with Gasteiger partial charge in [0.15, 0.2) is 0 Å². The number of hydrogen-bond donors (Lipinski definition) is 1. The van der Waals surface area contributed by atoms with Crippen LogP contribution >= 0.6 is 11.6 Å². The van der Waals surface area contributed by atoms with Gasteiger partial charge in [0.25, 0.3) is 5.69 Å². The standard InChI is InChI=1S/C12H7ClFN2O2/c13-9-7-8(5-6-10(9)14)15-11-3-1-2-4-12(11)16(17)18/h1-2,4-7,15H. The molecule has 0 atom stereocenters.